The van der Waals surface area contributed by atoms with Crippen LogP contribution in [0.5, 0.6) is 17.2 Å². The van der Waals surface area contributed by atoms with Crippen molar-refractivity contribution in [3.05, 3.63) is 246 Å². The highest BCUT2D eigenvalue weighted by Crippen LogP contribution is 2.72. The van der Waals surface area contributed by atoms with Crippen LogP contribution in [0.4, 0.5) is 0 Å². The minimum atomic E-state index is -2.10. The van der Waals surface area contributed by atoms with Crippen LogP contribution in [0.1, 0.15) is 84.9 Å². The van der Waals surface area contributed by atoms with Gasteiger partial charge < -0.3 is 59.5 Å². The van der Waals surface area contributed by atoms with E-state index in [2.05, 4.69) is 33.5 Å². The van der Waals surface area contributed by atoms with Crippen LogP contribution in [0.3, 0.4) is 0 Å². The lowest BCUT2D eigenvalue weighted by Gasteiger charge is -2.40. The zero-order valence-corrected chi connectivity index (χ0v) is 58.7. The number of nitrogens with zero attached hydrogens (tertiary/aromatic N) is 12. The SMILES string of the molecule is CN(C)C(=O)[C@H]1[C@@H](O)[C@@]2(O)c3nn(C)c(Cl)c3O[C@@]2(c2ccc(C#N)cc2)[C@@H]1c1ccccc1.CN(C)C(=O)[C@H]1[C@@H](O)[C@@]2(O)c3nn(C)c(Cl)c3O[C@@]2(c2ccc(C#N)cc2)[C@@H]1c1ccccc1.CN(C)C(=O)[C@H]1[C@@H](O)[C@@]2(O)c3nn(C)c(Cl)c3O[C@@]2(c2ccc(C#N)cc2)[C@@H]1c1ccccc1. The summed E-state index contributed by atoms with van der Waals surface area (Å²) in [4.78, 5) is 44.6. The van der Waals surface area contributed by atoms with E-state index in [9.17, 15) is 60.8 Å². The molecule has 0 spiro atoms. The van der Waals surface area contributed by atoms with Gasteiger partial charge in [0, 0.05) is 81.2 Å². The zero-order chi connectivity index (χ0) is 73.2. The summed E-state index contributed by atoms with van der Waals surface area (Å²) in [5, 5.41) is 114. The van der Waals surface area contributed by atoms with Crippen LogP contribution in [0.15, 0.2) is 164 Å². The van der Waals surface area contributed by atoms with E-state index in [0.29, 0.717) is 50.1 Å². The summed E-state index contributed by atoms with van der Waals surface area (Å²) in [7, 11) is 14.4. The van der Waals surface area contributed by atoms with Gasteiger partial charge in [-0.25, -0.2) is 0 Å². The van der Waals surface area contributed by atoms with Crippen LogP contribution in [0.25, 0.3) is 0 Å². The molecule has 3 fully saturated rings. The Balaban J connectivity index is 0.000000137. The Morgan fingerprint density at radius 3 is 0.814 bits per heavy atom. The summed E-state index contributed by atoms with van der Waals surface area (Å²) < 4.78 is 23.7. The molecule has 522 valence electrons. The highest BCUT2D eigenvalue weighted by Gasteiger charge is 2.82. The molecule has 3 aromatic heterocycles. The molecule has 102 heavy (non-hydrogen) atoms. The molecule has 15 rings (SSSR count). The van der Waals surface area contributed by atoms with Crippen molar-refractivity contribution in [1.82, 2.24) is 44.0 Å². The van der Waals surface area contributed by atoms with Crippen LogP contribution in [-0.2, 0) is 69.1 Å². The van der Waals surface area contributed by atoms with Crippen LogP contribution in [0.2, 0.25) is 15.5 Å². The number of aryl methyl sites for hydroxylation is 3. The molecule has 0 radical (unpaired) electrons. The van der Waals surface area contributed by atoms with Gasteiger partial charge >= 0.3 is 0 Å². The number of ether oxygens (including phenoxy) is 3. The number of amides is 3. The van der Waals surface area contributed by atoms with Gasteiger partial charge in [0.2, 0.25) is 17.7 Å². The maximum atomic E-state index is 13.5. The lowest BCUT2D eigenvalue weighted by atomic mass is 9.71. The molecule has 3 saturated carbocycles. The van der Waals surface area contributed by atoms with Gasteiger partial charge in [-0.05, 0) is 69.8 Å². The predicted octanol–water partition coefficient (Wildman–Crippen LogP) is 6.85. The number of hydrogen-bond acceptors (Lipinski definition) is 18. The smallest absolute Gasteiger partial charge is 0.228 e. The van der Waals surface area contributed by atoms with Gasteiger partial charge in [-0.3, -0.25) is 28.4 Å². The average Bonchev–Trinajstić information content (AvgIpc) is 1.51. The molecule has 27 heteroatoms. The van der Waals surface area contributed by atoms with Gasteiger partial charge in [0.25, 0.3) is 0 Å². The Hall–Kier alpha value is -10.1. The zero-order valence-electron chi connectivity index (χ0n) is 56.4. The Bertz CT molecular complexity index is 4440. The lowest BCUT2D eigenvalue weighted by molar-refractivity contribution is -0.158. The molecule has 6 aromatic carbocycles. The second kappa shape index (κ2) is 25.4. The molecule has 24 nitrogen and oxygen atoms in total. The van der Waals surface area contributed by atoms with Gasteiger partial charge in [0.1, 0.15) is 35.4 Å². The third-order valence-corrected chi connectivity index (χ3v) is 22.3. The van der Waals surface area contributed by atoms with Gasteiger partial charge in [0.05, 0.1) is 52.7 Å². The largest absolute Gasteiger partial charge is 0.473 e. The van der Waals surface area contributed by atoms with Gasteiger partial charge in [-0.15, -0.1) is 0 Å². The summed E-state index contributed by atoms with van der Waals surface area (Å²) in [6, 6.07) is 53.5. The fraction of sp³-hybridized carbons (Fsp3) is 0.320. The minimum absolute atomic E-state index is 0.0758. The van der Waals surface area contributed by atoms with E-state index >= 15 is 0 Å². The van der Waals surface area contributed by atoms with E-state index in [1.54, 1.807) is 136 Å². The normalized spacial score (nSPS) is 29.1. The third-order valence-electron chi connectivity index (χ3n) is 21.1. The molecular weight excluding hydrogens is 1370 g/mol. The Morgan fingerprint density at radius 2 is 0.618 bits per heavy atom. The number of halogens is 3. The lowest BCUT2D eigenvalue weighted by Crippen LogP contribution is -2.52. The third kappa shape index (κ3) is 9.60. The first-order chi connectivity index (χ1) is 48.5. The minimum Gasteiger partial charge on any atom is -0.473 e. The van der Waals surface area contributed by atoms with Crippen molar-refractivity contribution in [2.24, 2.45) is 38.9 Å². The topological polar surface area (TPSA) is 335 Å². The Morgan fingerprint density at radius 1 is 0.402 bits per heavy atom. The highest BCUT2D eigenvalue weighted by molar-refractivity contribution is 6.32. The Labute approximate surface area is 601 Å². The molecule has 0 saturated heterocycles. The van der Waals surface area contributed by atoms with Crippen molar-refractivity contribution in [1.29, 1.82) is 15.8 Å². The summed E-state index contributed by atoms with van der Waals surface area (Å²) in [6.07, 6.45) is -4.68. The van der Waals surface area contributed by atoms with Crippen molar-refractivity contribution in [3.63, 3.8) is 0 Å². The second-order valence-corrected chi connectivity index (χ2v) is 28.0. The number of benzene rings is 6. The number of aliphatic hydroxyl groups excluding tert-OH is 3. The van der Waals surface area contributed by atoms with Crippen LogP contribution >= 0.6 is 34.8 Å². The number of carbonyl (C=O) groups is 3. The predicted molar refractivity (Wildman–Crippen MR) is 369 cm³/mol. The number of hydrogen-bond donors (Lipinski definition) is 6. The summed E-state index contributed by atoms with van der Waals surface area (Å²) in [5.41, 5.74) is -6.11. The van der Waals surface area contributed by atoms with Crippen molar-refractivity contribution < 1.29 is 59.2 Å². The second-order valence-electron chi connectivity index (χ2n) is 26.9. The first-order valence-electron chi connectivity index (χ1n) is 32.3. The summed E-state index contributed by atoms with van der Waals surface area (Å²) in [5.74, 6) is -6.14. The fourth-order valence-electron chi connectivity index (χ4n) is 16.6. The molecule has 3 aliphatic heterocycles. The molecule has 3 amide bonds. The number of aromatic nitrogens is 6. The van der Waals surface area contributed by atoms with E-state index in [1.165, 1.54) is 28.7 Å². The number of rotatable bonds is 9. The summed E-state index contributed by atoms with van der Waals surface area (Å²) in [6.45, 7) is 0. The number of aliphatic hydroxyl groups is 6. The van der Waals surface area contributed by atoms with Crippen LogP contribution in [-0.4, -0.2) is 153 Å². The standard InChI is InChI=1S/3C25H23ClN4O4/c3*1-29(2)23(32)17-18(15-7-5-4-6-8-15)25(16-11-9-14(13-27)10-12-16)24(33,21(17)31)20-19(34-25)22(26)30(3)28-20/h3*4-12,17-18,21,31,33H,1-3H3/t3*17-,18-,21-,24+,25+/m111/s1. The molecule has 0 unspecified atom stereocenters. The van der Waals surface area contributed by atoms with E-state index in [4.69, 9.17) is 49.0 Å². The maximum Gasteiger partial charge on any atom is 0.228 e. The quantitative estimate of drug-likeness (QED) is 0.0860. The Kier molecular flexibility index (Phi) is 17.5. The van der Waals surface area contributed by atoms with E-state index in [0.717, 1.165) is 0 Å². The molecule has 0 bridgehead atoms. The molecule has 6 N–H and O–H groups in total. The molecule has 6 heterocycles. The van der Waals surface area contributed by atoms with E-state index in [-0.39, 0.29) is 67.5 Å². The molecular formula is C75H69Cl3N12O12. The molecule has 15 atom stereocenters. The van der Waals surface area contributed by atoms with E-state index < -0.39 is 87.4 Å². The molecule has 9 aromatic rings. The molecule has 6 aliphatic rings. The van der Waals surface area contributed by atoms with Crippen molar-refractivity contribution in [2.45, 2.75) is 69.7 Å². The monoisotopic (exact) mass is 1430 g/mol. The fourth-order valence-corrected chi connectivity index (χ4v) is 17.1. The number of carbonyl (C=O) groups excluding carboxylic acids is 3. The van der Waals surface area contributed by atoms with Crippen molar-refractivity contribution in [3.8, 4) is 35.5 Å². The first kappa shape index (κ1) is 70.3. The average molecular weight is 1440 g/mol. The van der Waals surface area contributed by atoms with Gasteiger partial charge in [0.15, 0.2) is 66.3 Å². The number of nitriles is 3. The van der Waals surface area contributed by atoms with Crippen LogP contribution in [0, 0.1) is 51.7 Å². The van der Waals surface area contributed by atoms with Crippen LogP contribution < -0.4 is 14.2 Å². The van der Waals surface area contributed by atoms with E-state index in [1.807, 2.05) is 91.0 Å². The van der Waals surface area contributed by atoms with Crippen molar-refractivity contribution >= 4 is 52.5 Å². The van der Waals surface area contributed by atoms with Crippen molar-refractivity contribution in [2.75, 3.05) is 42.3 Å². The highest BCUT2D eigenvalue weighted by atomic mass is 35.5. The van der Waals surface area contributed by atoms with Gasteiger partial charge in [-0.2, -0.15) is 31.1 Å². The maximum absolute atomic E-state index is 13.5. The summed E-state index contributed by atoms with van der Waals surface area (Å²) >= 11 is 19.4. The number of fused-ring (bicyclic) bond motifs is 9. The first-order valence-corrected chi connectivity index (χ1v) is 33.5. The molecule has 3 aliphatic carbocycles. The van der Waals surface area contributed by atoms with Gasteiger partial charge in [-0.1, -0.05) is 162 Å².